The number of fused-ring (bicyclic) bond motifs is 3. The number of hydrogen-bond donors (Lipinski definition) is 0. The molecular formula is C22H22N2O3. The van der Waals surface area contributed by atoms with Gasteiger partial charge in [0.1, 0.15) is 5.60 Å². The number of para-hydroxylation sites is 1. The lowest BCUT2D eigenvalue weighted by molar-refractivity contribution is -0.142. The molecule has 138 valence electrons. The molecule has 1 aromatic carbocycles. The topological polar surface area (TPSA) is 51.7 Å². The minimum Gasteiger partial charge on any atom is -0.376 e. The molecule has 1 aliphatic carbocycles. The van der Waals surface area contributed by atoms with E-state index in [9.17, 15) is 4.79 Å². The first kappa shape index (κ1) is 16.7. The first-order chi connectivity index (χ1) is 13.1. The van der Waals surface area contributed by atoms with E-state index in [1.54, 1.807) is 11.1 Å². The molecule has 1 aromatic heterocycles. The predicted molar refractivity (Wildman–Crippen MR) is 103 cm³/mol. The molecule has 1 spiro atoms. The molecule has 0 bridgehead atoms. The van der Waals surface area contributed by atoms with Gasteiger partial charge in [0.2, 0.25) is 5.91 Å². The van der Waals surface area contributed by atoms with E-state index in [-0.39, 0.29) is 5.91 Å². The Morgan fingerprint density at radius 3 is 2.70 bits per heavy atom. The van der Waals surface area contributed by atoms with Gasteiger partial charge in [-0.2, -0.15) is 0 Å². The summed E-state index contributed by atoms with van der Waals surface area (Å²) in [5.41, 5.74) is 3.84. The molecule has 0 N–H and O–H groups in total. The van der Waals surface area contributed by atoms with Crippen molar-refractivity contribution in [3.63, 3.8) is 0 Å². The van der Waals surface area contributed by atoms with Crippen molar-refractivity contribution in [1.29, 1.82) is 0 Å². The molecule has 1 fully saturated rings. The zero-order valence-electron chi connectivity index (χ0n) is 15.6. The van der Waals surface area contributed by atoms with Crippen molar-refractivity contribution in [2.24, 2.45) is 5.41 Å². The molecule has 3 heterocycles. The number of rotatable bonds is 1. The van der Waals surface area contributed by atoms with Crippen LogP contribution in [0.1, 0.15) is 24.5 Å². The van der Waals surface area contributed by atoms with Crippen LogP contribution in [0.4, 0.5) is 5.69 Å². The van der Waals surface area contributed by atoms with Crippen LogP contribution in [0.2, 0.25) is 0 Å². The van der Waals surface area contributed by atoms with Gasteiger partial charge in [0, 0.05) is 31.4 Å². The van der Waals surface area contributed by atoms with Crippen molar-refractivity contribution >= 4 is 22.7 Å². The minimum absolute atomic E-state index is 0.101. The lowest BCUT2D eigenvalue weighted by atomic mass is 9.74. The van der Waals surface area contributed by atoms with Crippen LogP contribution in [0.3, 0.4) is 0 Å². The molecule has 0 saturated carbocycles. The Kier molecular flexibility index (Phi) is 3.55. The molecule has 5 heteroatoms. The van der Waals surface area contributed by atoms with Gasteiger partial charge in [-0.1, -0.05) is 24.3 Å². The number of benzene rings is 1. The van der Waals surface area contributed by atoms with E-state index in [1.807, 2.05) is 50.5 Å². The van der Waals surface area contributed by atoms with E-state index in [2.05, 4.69) is 11.1 Å². The SMILES string of the molecule is CN1C(=O)C2(C)CC3(COCCO3)C(c3cccnc3)=C2c2ccccc21. The molecule has 2 unspecified atom stereocenters. The smallest absolute Gasteiger partial charge is 0.237 e. The molecular weight excluding hydrogens is 340 g/mol. The molecule has 3 aliphatic rings. The molecule has 5 rings (SSSR count). The Hall–Kier alpha value is -2.50. The predicted octanol–water partition coefficient (Wildman–Crippen LogP) is 3.16. The molecule has 2 atom stereocenters. The Morgan fingerprint density at radius 1 is 1.11 bits per heavy atom. The molecule has 1 amide bonds. The number of ether oxygens (including phenoxy) is 2. The normalized spacial score (nSPS) is 29.9. The number of carbonyl (C=O) groups is 1. The highest BCUT2D eigenvalue weighted by Gasteiger charge is 2.60. The second-order valence-corrected chi connectivity index (χ2v) is 7.78. The Morgan fingerprint density at radius 2 is 1.96 bits per heavy atom. The number of carbonyl (C=O) groups excluding carboxylic acids is 1. The fourth-order valence-electron chi connectivity index (χ4n) is 5.06. The third kappa shape index (κ3) is 2.19. The highest BCUT2D eigenvalue weighted by Crippen LogP contribution is 2.62. The van der Waals surface area contributed by atoms with E-state index in [0.29, 0.717) is 26.2 Å². The summed E-state index contributed by atoms with van der Waals surface area (Å²) < 4.78 is 12.2. The molecule has 27 heavy (non-hydrogen) atoms. The van der Waals surface area contributed by atoms with Crippen LogP contribution < -0.4 is 4.90 Å². The zero-order chi connectivity index (χ0) is 18.6. The summed E-state index contributed by atoms with van der Waals surface area (Å²) in [6.07, 6.45) is 4.21. The van der Waals surface area contributed by atoms with Gasteiger partial charge in [0.15, 0.2) is 0 Å². The van der Waals surface area contributed by atoms with Gasteiger partial charge in [0.25, 0.3) is 0 Å². The second-order valence-electron chi connectivity index (χ2n) is 7.78. The Labute approximate surface area is 158 Å². The summed E-state index contributed by atoms with van der Waals surface area (Å²) in [4.78, 5) is 19.6. The van der Waals surface area contributed by atoms with E-state index >= 15 is 0 Å². The highest BCUT2D eigenvalue weighted by atomic mass is 16.6. The maximum absolute atomic E-state index is 13.5. The van der Waals surface area contributed by atoms with E-state index in [1.165, 1.54) is 0 Å². The fraction of sp³-hybridized carbons (Fsp3) is 0.364. The summed E-state index contributed by atoms with van der Waals surface area (Å²) in [5, 5.41) is 0. The third-order valence-corrected chi connectivity index (χ3v) is 6.10. The monoisotopic (exact) mass is 362 g/mol. The number of aromatic nitrogens is 1. The number of anilines is 1. The van der Waals surface area contributed by atoms with E-state index in [4.69, 9.17) is 9.47 Å². The molecule has 2 aliphatic heterocycles. The van der Waals surface area contributed by atoms with Crippen molar-refractivity contribution < 1.29 is 14.3 Å². The van der Waals surface area contributed by atoms with Gasteiger partial charge >= 0.3 is 0 Å². The summed E-state index contributed by atoms with van der Waals surface area (Å²) in [6.45, 7) is 3.60. The second kappa shape index (κ2) is 5.75. The van der Waals surface area contributed by atoms with Crippen molar-refractivity contribution in [3.8, 4) is 0 Å². The van der Waals surface area contributed by atoms with Gasteiger partial charge in [-0.3, -0.25) is 9.78 Å². The quantitative estimate of drug-likeness (QED) is 0.782. The number of pyridine rings is 1. The van der Waals surface area contributed by atoms with Gasteiger partial charge in [-0.05, 0) is 35.8 Å². The van der Waals surface area contributed by atoms with Crippen LogP contribution in [-0.4, -0.2) is 43.4 Å². The number of hydrogen-bond acceptors (Lipinski definition) is 4. The lowest BCUT2D eigenvalue weighted by Crippen LogP contribution is -2.48. The van der Waals surface area contributed by atoms with Crippen LogP contribution in [0.25, 0.3) is 11.1 Å². The largest absolute Gasteiger partial charge is 0.376 e. The Bertz CT molecular complexity index is 947. The van der Waals surface area contributed by atoms with Crippen LogP contribution in [0, 0.1) is 5.41 Å². The van der Waals surface area contributed by atoms with Crippen LogP contribution in [-0.2, 0) is 14.3 Å². The molecule has 0 radical (unpaired) electrons. The van der Waals surface area contributed by atoms with Crippen LogP contribution in [0.15, 0.2) is 48.8 Å². The highest BCUT2D eigenvalue weighted by molar-refractivity contribution is 6.19. The average Bonchev–Trinajstić information content (AvgIpc) is 2.96. The molecule has 1 saturated heterocycles. The Balaban J connectivity index is 1.86. The number of amides is 1. The fourth-order valence-corrected chi connectivity index (χ4v) is 5.06. The van der Waals surface area contributed by atoms with Crippen molar-refractivity contribution in [2.75, 3.05) is 31.8 Å². The lowest BCUT2D eigenvalue weighted by Gasteiger charge is -2.40. The first-order valence-electron chi connectivity index (χ1n) is 9.32. The van der Waals surface area contributed by atoms with Crippen molar-refractivity contribution in [3.05, 3.63) is 59.9 Å². The van der Waals surface area contributed by atoms with Gasteiger partial charge in [-0.25, -0.2) is 0 Å². The van der Waals surface area contributed by atoms with Gasteiger partial charge in [0.05, 0.1) is 30.9 Å². The van der Waals surface area contributed by atoms with Crippen molar-refractivity contribution in [2.45, 2.75) is 18.9 Å². The van der Waals surface area contributed by atoms with Gasteiger partial charge < -0.3 is 14.4 Å². The maximum Gasteiger partial charge on any atom is 0.237 e. The summed E-state index contributed by atoms with van der Waals surface area (Å²) in [5.74, 6) is 0.101. The summed E-state index contributed by atoms with van der Waals surface area (Å²) >= 11 is 0. The van der Waals surface area contributed by atoms with Crippen LogP contribution in [0.5, 0.6) is 0 Å². The van der Waals surface area contributed by atoms with Crippen LogP contribution >= 0.6 is 0 Å². The minimum atomic E-state index is -0.658. The molecule has 5 nitrogen and oxygen atoms in total. The number of nitrogens with zero attached hydrogens (tertiary/aromatic N) is 2. The third-order valence-electron chi connectivity index (χ3n) is 6.10. The summed E-state index contributed by atoms with van der Waals surface area (Å²) in [7, 11) is 1.86. The first-order valence-corrected chi connectivity index (χ1v) is 9.32. The average molecular weight is 362 g/mol. The molecule has 2 aromatic rings. The maximum atomic E-state index is 13.5. The van der Waals surface area contributed by atoms with Gasteiger partial charge in [-0.15, -0.1) is 0 Å². The van der Waals surface area contributed by atoms with Crippen molar-refractivity contribution in [1.82, 2.24) is 4.98 Å². The summed E-state index contributed by atoms with van der Waals surface area (Å²) in [6, 6.07) is 12.1. The standard InChI is InChI=1S/C22H22N2O3/c1-21-13-22(14-26-10-11-27-22)18(15-6-5-9-23-12-15)19(21)16-7-3-4-8-17(16)24(2)20(21)25/h3-9,12H,10-11,13-14H2,1-2H3. The van der Waals surface area contributed by atoms with E-state index in [0.717, 1.165) is 28.0 Å². The zero-order valence-corrected chi connectivity index (χ0v) is 15.6. The van der Waals surface area contributed by atoms with E-state index < -0.39 is 11.0 Å².